The Balaban J connectivity index is 2.78. The van der Waals surface area contributed by atoms with Gasteiger partial charge in [0.25, 0.3) is 0 Å². The lowest BCUT2D eigenvalue weighted by Gasteiger charge is -2.16. The fraction of sp³-hybridized carbons (Fsp3) is 0.500. The maximum Gasteiger partial charge on any atom is 0.126 e. The second-order valence-electron chi connectivity index (χ2n) is 4.87. The molecule has 0 heterocycles. The van der Waals surface area contributed by atoms with Crippen molar-refractivity contribution < 1.29 is 9.47 Å². The molecule has 0 radical (unpaired) electrons. The van der Waals surface area contributed by atoms with Crippen molar-refractivity contribution in [1.82, 2.24) is 0 Å². The van der Waals surface area contributed by atoms with Gasteiger partial charge in [-0.2, -0.15) is 0 Å². The molecule has 0 aliphatic heterocycles. The molecule has 18 heavy (non-hydrogen) atoms. The van der Waals surface area contributed by atoms with Crippen molar-refractivity contribution in [3.05, 3.63) is 35.4 Å². The molecule has 100 valence electrons. The van der Waals surface area contributed by atoms with Gasteiger partial charge in [0, 0.05) is 6.07 Å². The summed E-state index contributed by atoms with van der Waals surface area (Å²) in [6.07, 6.45) is 4.53. The van der Waals surface area contributed by atoms with Gasteiger partial charge in [0.1, 0.15) is 11.5 Å². The summed E-state index contributed by atoms with van der Waals surface area (Å²) in [4.78, 5) is 0. The van der Waals surface area contributed by atoms with E-state index in [0.717, 1.165) is 24.3 Å². The van der Waals surface area contributed by atoms with Crippen molar-refractivity contribution in [2.75, 3.05) is 14.2 Å². The monoisotopic (exact) mass is 248 g/mol. The maximum absolute atomic E-state index is 5.44. The number of ether oxygens (including phenoxy) is 2. The van der Waals surface area contributed by atoms with Crippen LogP contribution in [0.4, 0.5) is 0 Å². The number of allylic oxidation sites excluding steroid dienone is 2. The summed E-state index contributed by atoms with van der Waals surface area (Å²) in [6, 6.07) is 6.05. The molecule has 0 saturated carbocycles. The zero-order valence-corrected chi connectivity index (χ0v) is 12.1. The Kier molecular flexibility index (Phi) is 5.76. The van der Waals surface area contributed by atoms with Gasteiger partial charge in [-0.15, -0.1) is 0 Å². The third kappa shape index (κ3) is 4.10. The quantitative estimate of drug-likeness (QED) is 0.687. The van der Waals surface area contributed by atoms with Crippen LogP contribution in [-0.2, 0) is 0 Å². The van der Waals surface area contributed by atoms with Gasteiger partial charge in [-0.05, 0) is 44.2 Å². The SMILES string of the molecule is COc1ccc(C(C)CCC=C(C)C)c(OC)c1. The zero-order chi connectivity index (χ0) is 13.5. The minimum Gasteiger partial charge on any atom is -0.497 e. The van der Waals surface area contributed by atoms with Crippen LogP contribution in [0.15, 0.2) is 29.8 Å². The Labute approximate surface area is 111 Å². The van der Waals surface area contributed by atoms with Crippen LogP contribution in [0.5, 0.6) is 11.5 Å². The highest BCUT2D eigenvalue weighted by Crippen LogP contribution is 2.32. The van der Waals surface area contributed by atoms with Gasteiger partial charge >= 0.3 is 0 Å². The van der Waals surface area contributed by atoms with E-state index in [1.807, 2.05) is 12.1 Å². The fourth-order valence-electron chi connectivity index (χ4n) is 2.00. The summed E-state index contributed by atoms with van der Waals surface area (Å²) < 4.78 is 10.7. The molecule has 0 saturated heterocycles. The van der Waals surface area contributed by atoms with Crippen LogP contribution in [0.2, 0.25) is 0 Å². The first kappa shape index (κ1) is 14.6. The number of rotatable bonds is 6. The number of hydrogen-bond acceptors (Lipinski definition) is 2. The third-order valence-electron chi connectivity index (χ3n) is 3.12. The van der Waals surface area contributed by atoms with Gasteiger partial charge in [0.2, 0.25) is 0 Å². The number of benzene rings is 1. The van der Waals surface area contributed by atoms with Crippen LogP contribution in [0.3, 0.4) is 0 Å². The first-order valence-corrected chi connectivity index (χ1v) is 6.43. The predicted molar refractivity (Wildman–Crippen MR) is 76.6 cm³/mol. The lowest BCUT2D eigenvalue weighted by atomic mass is 9.95. The highest BCUT2D eigenvalue weighted by atomic mass is 16.5. The Morgan fingerprint density at radius 2 is 1.94 bits per heavy atom. The molecule has 0 aliphatic carbocycles. The Hall–Kier alpha value is -1.44. The van der Waals surface area contributed by atoms with Gasteiger partial charge in [-0.1, -0.05) is 24.6 Å². The van der Waals surface area contributed by atoms with Crippen LogP contribution in [0.1, 0.15) is 45.1 Å². The molecule has 1 aromatic rings. The van der Waals surface area contributed by atoms with Gasteiger partial charge in [-0.25, -0.2) is 0 Å². The second kappa shape index (κ2) is 7.10. The summed E-state index contributed by atoms with van der Waals surface area (Å²) in [5, 5.41) is 0. The molecule has 0 aliphatic rings. The van der Waals surface area contributed by atoms with Crippen molar-refractivity contribution in [2.45, 2.75) is 39.5 Å². The van der Waals surface area contributed by atoms with Gasteiger partial charge in [0.15, 0.2) is 0 Å². The molecule has 2 nitrogen and oxygen atoms in total. The predicted octanol–water partition coefficient (Wildman–Crippen LogP) is 4.55. The topological polar surface area (TPSA) is 18.5 Å². The molecule has 1 rings (SSSR count). The van der Waals surface area contributed by atoms with E-state index >= 15 is 0 Å². The standard InChI is InChI=1S/C16H24O2/c1-12(2)7-6-8-13(3)15-10-9-14(17-4)11-16(15)18-5/h7,9-11,13H,6,8H2,1-5H3. The van der Waals surface area contributed by atoms with E-state index < -0.39 is 0 Å². The molecular formula is C16H24O2. The molecule has 1 atom stereocenters. The van der Waals surface area contributed by atoms with E-state index in [1.165, 1.54) is 11.1 Å². The molecule has 2 heteroatoms. The molecule has 0 amide bonds. The van der Waals surface area contributed by atoms with Crippen LogP contribution in [0.25, 0.3) is 0 Å². The smallest absolute Gasteiger partial charge is 0.126 e. The molecule has 1 unspecified atom stereocenters. The first-order valence-electron chi connectivity index (χ1n) is 6.43. The van der Waals surface area contributed by atoms with Crippen molar-refractivity contribution in [3.63, 3.8) is 0 Å². The van der Waals surface area contributed by atoms with E-state index in [9.17, 15) is 0 Å². The molecule has 0 spiro atoms. The average molecular weight is 248 g/mol. The molecule has 0 bridgehead atoms. The Bertz CT molecular complexity index is 404. The molecular weight excluding hydrogens is 224 g/mol. The number of methoxy groups -OCH3 is 2. The van der Waals surface area contributed by atoms with E-state index in [4.69, 9.17) is 9.47 Å². The second-order valence-corrected chi connectivity index (χ2v) is 4.87. The summed E-state index contributed by atoms with van der Waals surface area (Å²) in [7, 11) is 3.38. The first-order chi connectivity index (χ1) is 8.58. The maximum atomic E-state index is 5.44. The van der Waals surface area contributed by atoms with E-state index in [-0.39, 0.29) is 0 Å². The van der Waals surface area contributed by atoms with Crippen molar-refractivity contribution in [3.8, 4) is 11.5 Å². The zero-order valence-electron chi connectivity index (χ0n) is 12.1. The normalized spacial score (nSPS) is 11.8. The Morgan fingerprint density at radius 1 is 1.22 bits per heavy atom. The molecule has 0 N–H and O–H groups in total. The minimum absolute atomic E-state index is 0.487. The third-order valence-corrected chi connectivity index (χ3v) is 3.12. The summed E-state index contributed by atoms with van der Waals surface area (Å²) in [6.45, 7) is 6.51. The van der Waals surface area contributed by atoms with Crippen molar-refractivity contribution in [1.29, 1.82) is 0 Å². The highest BCUT2D eigenvalue weighted by molar-refractivity contribution is 5.42. The fourth-order valence-corrected chi connectivity index (χ4v) is 2.00. The Morgan fingerprint density at radius 3 is 2.50 bits per heavy atom. The van der Waals surface area contributed by atoms with Crippen LogP contribution < -0.4 is 9.47 Å². The summed E-state index contributed by atoms with van der Waals surface area (Å²) in [5.41, 5.74) is 2.63. The average Bonchev–Trinajstić information content (AvgIpc) is 2.37. The van der Waals surface area contributed by atoms with Crippen LogP contribution >= 0.6 is 0 Å². The number of hydrogen-bond donors (Lipinski definition) is 0. The molecule has 0 fully saturated rings. The van der Waals surface area contributed by atoms with Gasteiger partial charge in [-0.3, -0.25) is 0 Å². The van der Waals surface area contributed by atoms with E-state index in [1.54, 1.807) is 14.2 Å². The molecule has 1 aromatic carbocycles. The van der Waals surface area contributed by atoms with Gasteiger partial charge < -0.3 is 9.47 Å². The van der Waals surface area contributed by atoms with Crippen molar-refractivity contribution >= 4 is 0 Å². The summed E-state index contributed by atoms with van der Waals surface area (Å²) >= 11 is 0. The van der Waals surface area contributed by atoms with E-state index in [2.05, 4.69) is 32.9 Å². The lowest BCUT2D eigenvalue weighted by Crippen LogP contribution is -1.98. The van der Waals surface area contributed by atoms with E-state index in [0.29, 0.717) is 5.92 Å². The van der Waals surface area contributed by atoms with Crippen molar-refractivity contribution in [2.24, 2.45) is 0 Å². The van der Waals surface area contributed by atoms with Crippen LogP contribution in [-0.4, -0.2) is 14.2 Å². The largest absolute Gasteiger partial charge is 0.497 e. The van der Waals surface area contributed by atoms with Gasteiger partial charge in [0.05, 0.1) is 14.2 Å². The lowest BCUT2D eigenvalue weighted by molar-refractivity contribution is 0.388. The minimum atomic E-state index is 0.487. The van der Waals surface area contributed by atoms with Crippen LogP contribution in [0, 0.1) is 0 Å². The highest BCUT2D eigenvalue weighted by Gasteiger charge is 2.11. The summed E-state index contributed by atoms with van der Waals surface area (Å²) in [5.74, 6) is 2.24. The molecule has 0 aromatic heterocycles.